The van der Waals surface area contributed by atoms with Crippen molar-refractivity contribution < 1.29 is 47.9 Å². The standard InChI is InChI=1S/C45H63N9O10/c1-43(2,3)35(41(63)53-22-27-33(45(27,6)7)34(53)38(60)47-25(23-55)21-24-16-18-46-36(24)58)49-42(64)50-44(4,5)17-15-31(57)52(9)20-19-51(8)28-12-10-11-26-32(28)40(62)54(39(26)61)29-13-14-30(56)48-37(29)59/h10-12,23-25,27,29,33-35H,13-22H2,1-9H3,(H,46,58)(H,47,60)(H,48,56,59)(H2,49,50,64)/t24-,25-,27-,29?,33-,34-,35+/m0/s1. The van der Waals surface area contributed by atoms with Gasteiger partial charge in [0.2, 0.25) is 35.4 Å². The Morgan fingerprint density at radius 1 is 0.953 bits per heavy atom. The Kier molecular flexibility index (Phi) is 13.3. The van der Waals surface area contributed by atoms with Gasteiger partial charge in [-0.2, -0.15) is 0 Å². The Hall–Kier alpha value is -5.88. The maximum absolute atomic E-state index is 14.4. The molecule has 10 amide bonds. The number of amides is 10. The van der Waals surface area contributed by atoms with Crippen molar-refractivity contribution >= 4 is 65.3 Å². The second-order valence-electron chi connectivity index (χ2n) is 20.3. The van der Waals surface area contributed by atoms with Crippen molar-refractivity contribution in [2.75, 3.05) is 45.2 Å². The third-order valence-electron chi connectivity index (χ3n) is 13.8. The number of fused-ring (bicyclic) bond motifs is 2. The predicted octanol–water partition coefficient (Wildman–Crippen LogP) is 0.948. The summed E-state index contributed by atoms with van der Waals surface area (Å²) in [6.45, 7) is 14.4. The van der Waals surface area contributed by atoms with E-state index in [2.05, 4.69) is 26.6 Å². The highest BCUT2D eigenvalue weighted by Gasteiger charge is 2.70. The van der Waals surface area contributed by atoms with Crippen molar-refractivity contribution in [3.05, 3.63) is 29.3 Å². The maximum Gasteiger partial charge on any atom is 0.315 e. The van der Waals surface area contributed by atoms with E-state index in [1.807, 2.05) is 34.6 Å². The fraction of sp³-hybridized carbons (Fsp3) is 0.644. The molecule has 5 N–H and O–H groups in total. The third-order valence-corrected chi connectivity index (χ3v) is 13.8. The van der Waals surface area contributed by atoms with E-state index in [0.717, 1.165) is 4.90 Å². The van der Waals surface area contributed by atoms with Gasteiger partial charge < -0.3 is 40.8 Å². The average molecular weight is 890 g/mol. The molecule has 0 bridgehead atoms. The minimum atomic E-state index is -1.09. The van der Waals surface area contributed by atoms with Crippen LogP contribution in [0.25, 0.3) is 0 Å². The molecule has 348 valence electrons. The van der Waals surface area contributed by atoms with Gasteiger partial charge >= 0.3 is 6.03 Å². The first-order valence-corrected chi connectivity index (χ1v) is 22.1. The lowest BCUT2D eigenvalue weighted by atomic mass is 9.85. The van der Waals surface area contributed by atoms with Gasteiger partial charge in [-0.1, -0.05) is 40.7 Å². The minimum absolute atomic E-state index is 0.00909. The number of hydrogen-bond donors (Lipinski definition) is 5. The molecule has 7 atom stereocenters. The SMILES string of the molecule is CN(CCN(C)c1cccc2c1C(=O)N(C1CCC(=O)NC1=O)C2=O)C(=O)CCC(C)(C)NC(=O)N[C@H](C(=O)N1C[C@H]2[C@@H]([C@H]1C(=O)N[C@H](C=O)C[C@@H]1CCNC1=O)C2(C)C)C(C)(C)C. The van der Waals surface area contributed by atoms with Gasteiger partial charge in [0.15, 0.2) is 0 Å². The first-order valence-electron chi connectivity index (χ1n) is 22.1. The van der Waals surface area contributed by atoms with E-state index in [1.165, 1.54) is 15.9 Å². The van der Waals surface area contributed by atoms with Gasteiger partial charge in [0.25, 0.3) is 11.8 Å². The van der Waals surface area contributed by atoms with Gasteiger partial charge in [0.05, 0.1) is 22.9 Å². The number of imide groups is 2. The van der Waals surface area contributed by atoms with Crippen LogP contribution in [0, 0.1) is 28.6 Å². The van der Waals surface area contributed by atoms with Gasteiger partial charge in [-0.25, -0.2) is 4.79 Å². The molecule has 1 unspecified atom stereocenters. The van der Waals surface area contributed by atoms with Crippen LogP contribution in [0.15, 0.2) is 18.2 Å². The molecule has 64 heavy (non-hydrogen) atoms. The van der Waals surface area contributed by atoms with Crippen molar-refractivity contribution in [2.24, 2.45) is 28.6 Å². The molecule has 6 rings (SSSR count). The van der Waals surface area contributed by atoms with E-state index < -0.39 is 76.6 Å². The largest absolute Gasteiger partial charge is 0.372 e. The van der Waals surface area contributed by atoms with Crippen LogP contribution in [0.4, 0.5) is 10.5 Å². The normalized spacial score (nSPS) is 24.5. The number of nitrogens with one attached hydrogen (secondary N) is 5. The monoisotopic (exact) mass is 889 g/mol. The lowest BCUT2D eigenvalue weighted by molar-refractivity contribution is -0.144. The van der Waals surface area contributed by atoms with Gasteiger partial charge in [0.1, 0.15) is 24.4 Å². The Labute approximate surface area is 373 Å². The number of likely N-dealkylation sites (tertiary alicyclic amines) is 1. The molecule has 4 heterocycles. The number of carbonyl (C=O) groups excluding carboxylic acids is 10. The molecule has 1 aromatic rings. The summed E-state index contributed by atoms with van der Waals surface area (Å²) in [7, 11) is 3.37. The summed E-state index contributed by atoms with van der Waals surface area (Å²) >= 11 is 0. The van der Waals surface area contributed by atoms with Crippen LogP contribution in [0.3, 0.4) is 0 Å². The number of hydrogen-bond acceptors (Lipinski definition) is 11. The fourth-order valence-corrected chi connectivity index (χ4v) is 9.73. The average Bonchev–Trinajstić information content (AvgIpc) is 3.62. The Morgan fingerprint density at radius 3 is 2.28 bits per heavy atom. The lowest BCUT2D eigenvalue weighted by Crippen LogP contribution is -2.62. The molecule has 1 saturated carbocycles. The summed E-state index contributed by atoms with van der Waals surface area (Å²) in [5, 5.41) is 13.5. The van der Waals surface area contributed by atoms with Crippen LogP contribution in [0.1, 0.15) is 108 Å². The molecule has 4 fully saturated rings. The van der Waals surface area contributed by atoms with Crippen LogP contribution < -0.4 is 31.5 Å². The first kappa shape index (κ1) is 47.6. The Balaban J connectivity index is 1.02. The first-order chi connectivity index (χ1) is 29.9. The lowest BCUT2D eigenvalue weighted by Gasteiger charge is -2.38. The van der Waals surface area contributed by atoms with Crippen molar-refractivity contribution in [1.29, 1.82) is 0 Å². The summed E-state index contributed by atoms with van der Waals surface area (Å²) < 4.78 is 0. The zero-order valence-corrected chi connectivity index (χ0v) is 38.3. The van der Waals surface area contributed by atoms with E-state index in [4.69, 9.17) is 0 Å². The zero-order valence-electron chi connectivity index (χ0n) is 38.3. The molecule has 1 aliphatic carbocycles. The van der Waals surface area contributed by atoms with Crippen LogP contribution >= 0.6 is 0 Å². The van der Waals surface area contributed by atoms with Crippen molar-refractivity contribution in [3.8, 4) is 0 Å². The second kappa shape index (κ2) is 17.9. The number of nitrogens with zero attached hydrogens (tertiary/aromatic N) is 4. The number of aldehydes is 1. The molecule has 5 aliphatic rings. The molecule has 19 heteroatoms. The number of anilines is 1. The molecular formula is C45H63N9O10. The number of piperidine rings is 2. The quantitative estimate of drug-likeness (QED) is 0.116. The second-order valence-corrected chi connectivity index (χ2v) is 20.3. The molecule has 19 nitrogen and oxygen atoms in total. The van der Waals surface area contributed by atoms with Gasteiger partial charge in [-0.3, -0.25) is 48.6 Å². The van der Waals surface area contributed by atoms with E-state index in [-0.39, 0.29) is 84.8 Å². The van der Waals surface area contributed by atoms with Crippen molar-refractivity contribution in [3.63, 3.8) is 0 Å². The summed E-state index contributed by atoms with van der Waals surface area (Å²) in [6.07, 6.45) is 1.73. The summed E-state index contributed by atoms with van der Waals surface area (Å²) in [6, 6.07) is 0.338. The minimum Gasteiger partial charge on any atom is -0.372 e. The summed E-state index contributed by atoms with van der Waals surface area (Å²) in [4.78, 5) is 136. The number of carbonyl (C=O) groups is 10. The van der Waals surface area contributed by atoms with Gasteiger partial charge in [-0.05, 0) is 74.3 Å². The summed E-state index contributed by atoms with van der Waals surface area (Å²) in [5.74, 6) is -4.12. The molecule has 4 aliphatic heterocycles. The van der Waals surface area contributed by atoms with E-state index in [0.29, 0.717) is 38.0 Å². The number of rotatable bonds is 16. The summed E-state index contributed by atoms with van der Waals surface area (Å²) in [5.41, 5.74) is -1.11. The van der Waals surface area contributed by atoms with Crippen molar-refractivity contribution in [1.82, 2.24) is 41.3 Å². The van der Waals surface area contributed by atoms with E-state index in [9.17, 15) is 47.9 Å². The van der Waals surface area contributed by atoms with E-state index in [1.54, 1.807) is 45.0 Å². The molecule has 0 aromatic heterocycles. The maximum atomic E-state index is 14.4. The van der Waals surface area contributed by atoms with Crippen LogP contribution in [-0.2, 0) is 33.6 Å². The van der Waals surface area contributed by atoms with E-state index >= 15 is 0 Å². The topological polar surface area (TPSA) is 244 Å². The molecule has 0 radical (unpaired) electrons. The van der Waals surface area contributed by atoms with Crippen LogP contribution in [-0.4, -0.2) is 144 Å². The van der Waals surface area contributed by atoms with Crippen molar-refractivity contribution in [2.45, 2.75) is 117 Å². The van der Waals surface area contributed by atoms with Gasteiger partial charge in [0, 0.05) is 64.6 Å². The smallest absolute Gasteiger partial charge is 0.315 e. The molecular weight excluding hydrogens is 827 g/mol. The van der Waals surface area contributed by atoms with Crippen LogP contribution in [0.2, 0.25) is 0 Å². The highest BCUT2D eigenvalue weighted by atomic mass is 16.2. The third kappa shape index (κ3) is 9.62. The molecule has 1 aromatic carbocycles. The highest BCUT2D eigenvalue weighted by molar-refractivity contribution is 6.25. The Morgan fingerprint density at radius 2 is 1.66 bits per heavy atom. The van der Waals surface area contributed by atoms with Gasteiger partial charge in [-0.15, -0.1) is 0 Å². The van der Waals surface area contributed by atoms with Crippen LogP contribution in [0.5, 0.6) is 0 Å². The number of likely N-dealkylation sites (N-methyl/N-ethyl adjacent to an activating group) is 2. The highest BCUT2D eigenvalue weighted by Crippen LogP contribution is 2.65. The predicted molar refractivity (Wildman–Crippen MR) is 232 cm³/mol. The molecule has 3 saturated heterocycles. The number of urea groups is 1. The number of benzene rings is 1. The Bertz CT molecular complexity index is 2130. The molecule has 0 spiro atoms. The fourth-order valence-electron chi connectivity index (χ4n) is 9.73. The zero-order chi connectivity index (χ0) is 47.2.